The zero-order chi connectivity index (χ0) is 22.5. The summed E-state index contributed by atoms with van der Waals surface area (Å²) in [7, 11) is 1.62. The van der Waals surface area contributed by atoms with Crippen LogP contribution in [0.15, 0.2) is 69.9 Å². The first-order valence-corrected chi connectivity index (χ1v) is 12.1. The van der Waals surface area contributed by atoms with Crippen LogP contribution >= 0.6 is 23.1 Å². The van der Waals surface area contributed by atoms with Crippen molar-refractivity contribution < 1.29 is 9.53 Å². The second-order valence-corrected chi connectivity index (χ2v) is 8.85. The number of nitrogens with one attached hydrogen (secondary N) is 1. The lowest BCUT2D eigenvalue weighted by atomic mass is 10.1. The van der Waals surface area contributed by atoms with Gasteiger partial charge < -0.3 is 10.1 Å². The van der Waals surface area contributed by atoms with Crippen molar-refractivity contribution in [3.8, 4) is 16.9 Å². The smallest absolute Gasteiger partial charge is 0.263 e. The van der Waals surface area contributed by atoms with Crippen LogP contribution in [0.4, 0.5) is 0 Å². The van der Waals surface area contributed by atoms with Crippen LogP contribution < -0.4 is 15.6 Å². The minimum atomic E-state index is -0.112. The summed E-state index contributed by atoms with van der Waals surface area (Å²) in [6.45, 7) is 2.83. The fourth-order valence-corrected chi connectivity index (χ4v) is 5.23. The molecule has 0 aliphatic rings. The highest BCUT2D eigenvalue weighted by Crippen LogP contribution is 2.32. The molecule has 1 amide bonds. The van der Waals surface area contributed by atoms with Gasteiger partial charge in [0.1, 0.15) is 10.6 Å². The number of hydrogen-bond donors (Lipinski definition) is 1. The van der Waals surface area contributed by atoms with E-state index >= 15 is 0 Å². The van der Waals surface area contributed by atoms with Crippen molar-refractivity contribution in [2.24, 2.45) is 0 Å². The Hall–Kier alpha value is -3.10. The maximum Gasteiger partial charge on any atom is 0.263 e. The molecule has 0 fully saturated rings. The van der Waals surface area contributed by atoms with Crippen LogP contribution in [0.5, 0.6) is 5.75 Å². The van der Waals surface area contributed by atoms with Gasteiger partial charge in [0.15, 0.2) is 5.16 Å². The zero-order valence-corrected chi connectivity index (χ0v) is 19.5. The van der Waals surface area contributed by atoms with E-state index in [9.17, 15) is 9.59 Å². The summed E-state index contributed by atoms with van der Waals surface area (Å²) in [5.74, 6) is 0.850. The van der Waals surface area contributed by atoms with Crippen molar-refractivity contribution in [1.29, 1.82) is 0 Å². The molecule has 6 nitrogen and oxygen atoms in total. The van der Waals surface area contributed by atoms with E-state index in [1.54, 1.807) is 11.7 Å². The fraction of sp³-hybridized carbons (Fsp3) is 0.208. The van der Waals surface area contributed by atoms with E-state index in [1.165, 1.54) is 23.1 Å². The Morgan fingerprint density at radius 3 is 2.59 bits per heavy atom. The SMILES string of the molecule is CCn1c(SCC(=O)NCc2ccc(OC)cc2)nc2scc(-c3ccccc3)c2c1=O. The molecule has 0 radical (unpaired) electrons. The second-order valence-electron chi connectivity index (χ2n) is 7.05. The van der Waals surface area contributed by atoms with Gasteiger partial charge in [-0.25, -0.2) is 4.98 Å². The number of carbonyl (C=O) groups is 1. The van der Waals surface area contributed by atoms with Crippen molar-refractivity contribution in [3.63, 3.8) is 0 Å². The number of nitrogens with zero attached hydrogens (tertiary/aromatic N) is 2. The van der Waals surface area contributed by atoms with E-state index in [4.69, 9.17) is 9.72 Å². The quantitative estimate of drug-likeness (QED) is 0.305. The molecule has 0 aliphatic carbocycles. The Kier molecular flexibility index (Phi) is 6.92. The molecule has 1 N–H and O–H groups in total. The third-order valence-corrected chi connectivity index (χ3v) is 6.89. The molecule has 0 bridgehead atoms. The Labute approximate surface area is 194 Å². The van der Waals surface area contributed by atoms with Crippen LogP contribution in [0.3, 0.4) is 0 Å². The van der Waals surface area contributed by atoms with Crippen molar-refractivity contribution in [2.45, 2.75) is 25.2 Å². The number of aromatic nitrogens is 2. The average molecular weight is 466 g/mol. The summed E-state index contributed by atoms with van der Waals surface area (Å²) in [6.07, 6.45) is 0. The van der Waals surface area contributed by atoms with E-state index in [0.717, 1.165) is 22.4 Å². The standard InChI is InChI=1S/C24H23N3O3S2/c1-3-27-23(29)21-19(17-7-5-4-6-8-17)14-31-22(21)26-24(27)32-15-20(28)25-13-16-9-11-18(30-2)12-10-16/h4-12,14H,3,13,15H2,1-2H3,(H,25,28). The van der Waals surface area contributed by atoms with E-state index in [1.807, 2.05) is 66.9 Å². The largest absolute Gasteiger partial charge is 0.497 e. The summed E-state index contributed by atoms with van der Waals surface area (Å²) in [4.78, 5) is 31.0. The number of thioether (sulfide) groups is 1. The maximum atomic E-state index is 13.2. The van der Waals surface area contributed by atoms with Gasteiger partial charge in [-0.2, -0.15) is 0 Å². The van der Waals surface area contributed by atoms with Crippen molar-refractivity contribution in [1.82, 2.24) is 14.9 Å². The molecular weight excluding hydrogens is 442 g/mol. The maximum absolute atomic E-state index is 13.2. The van der Waals surface area contributed by atoms with Crippen LogP contribution in [-0.2, 0) is 17.9 Å². The molecule has 4 aromatic rings. The zero-order valence-electron chi connectivity index (χ0n) is 17.8. The van der Waals surface area contributed by atoms with Crippen LogP contribution in [0.25, 0.3) is 21.3 Å². The van der Waals surface area contributed by atoms with Gasteiger partial charge in [0, 0.05) is 24.0 Å². The summed E-state index contributed by atoms with van der Waals surface area (Å²) in [6, 6.07) is 17.4. The van der Waals surface area contributed by atoms with Gasteiger partial charge in [-0.3, -0.25) is 14.2 Å². The van der Waals surface area contributed by atoms with Crippen molar-refractivity contribution >= 4 is 39.2 Å². The summed E-state index contributed by atoms with van der Waals surface area (Å²) in [5.41, 5.74) is 2.82. The number of ether oxygens (including phenoxy) is 1. The Bertz CT molecular complexity index is 1280. The number of hydrogen-bond acceptors (Lipinski definition) is 6. The van der Waals surface area contributed by atoms with Gasteiger partial charge >= 0.3 is 0 Å². The first kappa shape index (κ1) is 22.1. The Morgan fingerprint density at radius 1 is 1.16 bits per heavy atom. The molecular formula is C24H23N3O3S2. The molecule has 2 heterocycles. The van der Waals surface area contributed by atoms with E-state index in [-0.39, 0.29) is 17.2 Å². The highest BCUT2D eigenvalue weighted by molar-refractivity contribution is 7.99. The molecule has 2 aromatic heterocycles. The predicted octanol–water partition coefficient (Wildman–Crippen LogP) is 4.56. The summed E-state index contributed by atoms with van der Waals surface area (Å²) in [5, 5.41) is 6.08. The molecule has 4 rings (SSSR count). The molecule has 0 saturated carbocycles. The van der Waals surface area contributed by atoms with E-state index in [2.05, 4.69) is 5.32 Å². The number of rotatable bonds is 8. The fourth-order valence-electron chi connectivity index (χ4n) is 3.35. The van der Waals surface area contributed by atoms with Gasteiger partial charge in [-0.1, -0.05) is 54.2 Å². The molecule has 2 aromatic carbocycles. The first-order chi connectivity index (χ1) is 15.6. The predicted molar refractivity (Wildman–Crippen MR) is 131 cm³/mol. The van der Waals surface area contributed by atoms with Gasteiger partial charge in [-0.15, -0.1) is 11.3 Å². The van der Waals surface area contributed by atoms with Crippen LogP contribution in [0, 0.1) is 0 Å². The number of benzene rings is 2. The van der Waals surface area contributed by atoms with E-state index < -0.39 is 0 Å². The van der Waals surface area contributed by atoms with Crippen LogP contribution in [-0.4, -0.2) is 28.3 Å². The highest BCUT2D eigenvalue weighted by Gasteiger charge is 2.17. The molecule has 32 heavy (non-hydrogen) atoms. The summed E-state index contributed by atoms with van der Waals surface area (Å²) < 4.78 is 6.79. The van der Waals surface area contributed by atoms with Gasteiger partial charge in [0.2, 0.25) is 5.91 Å². The lowest BCUT2D eigenvalue weighted by Gasteiger charge is -2.11. The average Bonchev–Trinajstić information content (AvgIpc) is 3.26. The Balaban J connectivity index is 1.49. The minimum absolute atomic E-state index is 0.0706. The third kappa shape index (κ3) is 4.71. The van der Waals surface area contributed by atoms with Crippen molar-refractivity contribution in [3.05, 3.63) is 75.9 Å². The topological polar surface area (TPSA) is 73.2 Å². The number of methoxy groups -OCH3 is 1. The summed E-state index contributed by atoms with van der Waals surface area (Å²) >= 11 is 2.73. The van der Waals surface area contributed by atoms with Crippen LogP contribution in [0.1, 0.15) is 12.5 Å². The second kappa shape index (κ2) is 10.0. The molecule has 0 saturated heterocycles. The molecule has 8 heteroatoms. The molecule has 0 spiro atoms. The van der Waals surface area contributed by atoms with Gasteiger partial charge in [0.05, 0.1) is 18.2 Å². The monoisotopic (exact) mass is 465 g/mol. The Morgan fingerprint density at radius 2 is 1.91 bits per heavy atom. The molecule has 164 valence electrons. The molecule has 0 unspecified atom stereocenters. The lowest BCUT2D eigenvalue weighted by molar-refractivity contribution is -0.118. The van der Waals surface area contributed by atoms with Crippen LogP contribution in [0.2, 0.25) is 0 Å². The highest BCUT2D eigenvalue weighted by atomic mass is 32.2. The third-order valence-electron chi connectivity index (χ3n) is 5.04. The molecule has 0 aliphatic heterocycles. The lowest BCUT2D eigenvalue weighted by Crippen LogP contribution is -2.26. The molecule has 0 atom stereocenters. The van der Waals surface area contributed by atoms with Gasteiger partial charge in [0.25, 0.3) is 5.56 Å². The minimum Gasteiger partial charge on any atom is -0.497 e. The van der Waals surface area contributed by atoms with Crippen molar-refractivity contribution in [2.75, 3.05) is 12.9 Å². The number of thiophene rings is 1. The number of carbonyl (C=O) groups excluding carboxylic acids is 1. The normalized spacial score (nSPS) is 10.9. The van der Waals surface area contributed by atoms with E-state index in [0.29, 0.717) is 28.5 Å². The van der Waals surface area contributed by atoms with Gasteiger partial charge in [-0.05, 0) is 30.2 Å². The number of fused-ring (bicyclic) bond motifs is 1. The number of amides is 1. The first-order valence-electron chi connectivity index (χ1n) is 10.2.